The van der Waals surface area contributed by atoms with Crippen LogP contribution in [0.5, 0.6) is 0 Å². The molecule has 2 heterocycles. The normalized spacial score (nSPS) is 11.4. The number of benzene rings is 1. The number of halogens is 3. The number of furan rings is 1. The van der Waals surface area contributed by atoms with Gasteiger partial charge in [-0.1, -0.05) is 6.07 Å². The summed E-state index contributed by atoms with van der Waals surface area (Å²) in [5, 5.41) is 5.70. The fourth-order valence-electron chi connectivity index (χ4n) is 2.13. The largest absolute Gasteiger partial charge is 0.467 e. The first kappa shape index (κ1) is 17.7. The van der Waals surface area contributed by atoms with Gasteiger partial charge in [0.2, 0.25) is 11.9 Å². The van der Waals surface area contributed by atoms with Gasteiger partial charge in [0.05, 0.1) is 24.9 Å². The van der Waals surface area contributed by atoms with Crippen molar-refractivity contribution in [2.45, 2.75) is 19.3 Å². The molecule has 0 unspecified atom stereocenters. The van der Waals surface area contributed by atoms with Gasteiger partial charge in [-0.05, 0) is 30.3 Å². The maximum atomic E-state index is 12.8. The monoisotopic (exact) mass is 364 g/mol. The van der Waals surface area contributed by atoms with Gasteiger partial charge in [-0.3, -0.25) is 0 Å². The molecule has 0 spiro atoms. The molecule has 4 N–H and O–H groups in total. The molecule has 10 heteroatoms. The summed E-state index contributed by atoms with van der Waals surface area (Å²) in [5.74, 6) is 1.27. The molecule has 26 heavy (non-hydrogen) atoms. The minimum absolute atomic E-state index is 0.0508. The predicted molar refractivity (Wildman–Crippen MR) is 88.5 cm³/mol. The highest BCUT2D eigenvalue weighted by Gasteiger charge is 2.30. The third-order valence-electron chi connectivity index (χ3n) is 3.31. The fourth-order valence-corrected chi connectivity index (χ4v) is 2.13. The Morgan fingerprint density at radius 3 is 2.54 bits per heavy atom. The Morgan fingerprint density at radius 2 is 1.85 bits per heavy atom. The molecular weight excluding hydrogens is 349 g/mol. The summed E-state index contributed by atoms with van der Waals surface area (Å²) in [6.07, 6.45) is -2.90. The van der Waals surface area contributed by atoms with E-state index in [0.717, 1.165) is 12.1 Å². The van der Waals surface area contributed by atoms with Gasteiger partial charge < -0.3 is 20.8 Å². The average molecular weight is 364 g/mol. The number of nitrogens with one attached hydrogen (secondary N) is 2. The molecule has 0 saturated carbocycles. The summed E-state index contributed by atoms with van der Waals surface area (Å²) < 4.78 is 43.7. The van der Waals surface area contributed by atoms with E-state index < -0.39 is 11.7 Å². The molecule has 0 saturated heterocycles. The summed E-state index contributed by atoms with van der Waals surface area (Å²) in [6.45, 7) is 0.388. The van der Waals surface area contributed by atoms with Gasteiger partial charge in [-0.2, -0.15) is 28.1 Å². The van der Waals surface area contributed by atoms with Crippen molar-refractivity contribution in [2.75, 3.05) is 10.6 Å². The smallest absolute Gasteiger partial charge is 0.416 e. The van der Waals surface area contributed by atoms with Crippen LogP contribution in [0.1, 0.15) is 17.1 Å². The van der Waals surface area contributed by atoms with Crippen LogP contribution < -0.4 is 16.4 Å². The first-order chi connectivity index (χ1) is 12.4. The van der Waals surface area contributed by atoms with Crippen molar-refractivity contribution in [1.29, 1.82) is 0 Å². The summed E-state index contributed by atoms with van der Waals surface area (Å²) in [4.78, 5) is 12.4. The number of anilines is 3. The molecule has 0 radical (unpaired) electrons. The summed E-state index contributed by atoms with van der Waals surface area (Å²) in [6, 6.07) is 8.27. The third-order valence-corrected chi connectivity index (χ3v) is 3.31. The van der Waals surface area contributed by atoms with Gasteiger partial charge in [0.15, 0.2) is 0 Å². The Kier molecular flexibility index (Phi) is 5.03. The van der Waals surface area contributed by atoms with E-state index in [0.29, 0.717) is 12.3 Å². The highest BCUT2D eigenvalue weighted by Crippen LogP contribution is 2.31. The number of hydrogen-bond acceptors (Lipinski definition) is 7. The van der Waals surface area contributed by atoms with Crippen molar-refractivity contribution < 1.29 is 17.6 Å². The van der Waals surface area contributed by atoms with Crippen LogP contribution in [0.3, 0.4) is 0 Å². The first-order valence-corrected chi connectivity index (χ1v) is 7.59. The summed E-state index contributed by atoms with van der Waals surface area (Å²) >= 11 is 0. The van der Waals surface area contributed by atoms with Crippen molar-refractivity contribution >= 4 is 17.6 Å². The number of hydrogen-bond donors (Lipinski definition) is 3. The highest BCUT2D eigenvalue weighted by atomic mass is 19.4. The number of aromatic nitrogens is 3. The molecule has 136 valence electrons. The molecule has 2 aromatic heterocycles. The molecule has 1 aromatic carbocycles. The second kappa shape index (κ2) is 7.40. The SMILES string of the molecule is NCc1nc(NCc2ccco2)nc(Nc2cccc(C(F)(F)F)c2)n1. The molecule has 0 aliphatic carbocycles. The maximum Gasteiger partial charge on any atom is 0.416 e. The molecule has 0 atom stereocenters. The molecule has 0 fully saturated rings. The molecule has 3 rings (SSSR count). The van der Waals surface area contributed by atoms with E-state index in [9.17, 15) is 13.2 Å². The van der Waals surface area contributed by atoms with E-state index in [-0.39, 0.29) is 30.0 Å². The van der Waals surface area contributed by atoms with Gasteiger partial charge in [0, 0.05) is 5.69 Å². The lowest BCUT2D eigenvalue weighted by Gasteiger charge is -2.11. The van der Waals surface area contributed by atoms with E-state index in [4.69, 9.17) is 10.2 Å². The van der Waals surface area contributed by atoms with E-state index in [1.54, 1.807) is 12.1 Å². The molecule has 0 aliphatic heterocycles. The lowest BCUT2D eigenvalue weighted by Crippen LogP contribution is -2.12. The van der Waals surface area contributed by atoms with Crippen LogP contribution in [-0.2, 0) is 19.3 Å². The van der Waals surface area contributed by atoms with E-state index in [1.807, 2.05) is 0 Å². The van der Waals surface area contributed by atoms with Gasteiger partial charge in [0.25, 0.3) is 0 Å². The van der Waals surface area contributed by atoms with E-state index >= 15 is 0 Å². The molecule has 3 aromatic rings. The molecular formula is C16H15F3N6O. The summed E-state index contributed by atoms with van der Waals surface area (Å²) in [7, 11) is 0. The van der Waals surface area contributed by atoms with Crippen molar-refractivity contribution in [2.24, 2.45) is 5.73 Å². The number of rotatable bonds is 6. The van der Waals surface area contributed by atoms with E-state index in [1.165, 1.54) is 18.4 Å². The zero-order chi connectivity index (χ0) is 18.6. The average Bonchev–Trinajstić information content (AvgIpc) is 3.13. The Hall–Kier alpha value is -3.14. The minimum atomic E-state index is -4.44. The van der Waals surface area contributed by atoms with Crippen LogP contribution >= 0.6 is 0 Å². The highest BCUT2D eigenvalue weighted by molar-refractivity contribution is 5.55. The fraction of sp³-hybridized carbons (Fsp3) is 0.188. The zero-order valence-corrected chi connectivity index (χ0v) is 13.4. The lowest BCUT2D eigenvalue weighted by atomic mass is 10.2. The Balaban J connectivity index is 1.79. The van der Waals surface area contributed by atoms with Crippen LogP contribution in [0.15, 0.2) is 47.1 Å². The van der Waals surface area contributed by atoms with Crippen LogP contribution in [0, 0.1) is 0 Å². The standard InChI is InChI=1S/C16H15F3N6O/c17-16(18,19)10-3-1-4-11(7-10)22-15-24-13(8-20)23-14(25-15)21-9-12-5-2-6-26-12/h1-7H,8-9,20H2,(H2,21,22,23,24,25). The quantitative estimate of drug-likeness (QED) is 0.617. The van der Waals surface area contributed by atoms with Crippen molar-refractivity contribution in [3.05, 3.63) is 59.8 Å². The van der Waals surface area contributed by atoms with Crippen molar-refractivity contribution in [1.82, 2.24) is 15.0 Å². The topological polar surface area (TPSA) is 102 Å². The van der Waals surface area contributed by atoms with Gasteiger partial charge in [0.1, 0.15) is 11.6 Å². The minimum Gasteiger partial charge on any atom is -0.467 e. The number of alkyl halides is 3. The maximum absolute atomic E-state index is 12.8. The molecule has 0 bridgehead atoms. The second-order valence-electron chi connectivity index (χ2n) is 5.24. The van der Waals surface area contributed by atoms with E-state index in [2.05, 4.69) is 25.6 Å². The van der Waals surface area contributed by atoms with Crippen molar-refractivity contribution in [3.63, 3.8) is 0 Å². The molecule has 0 aliphatic rings. The van der Waals surface area contributed by atoms with Gasteiger partial charge in [-0.25, -0.2) is 0 Å². The second-order valence-corrected chi connectivity index (χ2v) is 5.24. The first-order valence-electron chi connectivity index (χ1n) is 7.59. The number of nitrogens with two attached hydrogens (primary N) is 1. The van der Waals surface area contributed by atoms with Crippen molar-refractivity contribution in [3.8, 4) is 0 Å². The third kappa shape index (κ3) is 4.48. The molecule has 7 nitrogen and oxygen atoms in total. The lowest BCUT2D eigenvalue weighted by molar-refractivity contribution is -0.137. The Labute approximate surface area is 146 Å². The summed E-state index contributed by atoms with van der Waals surface area (Å²) in [5.41, 5.74) is 5.01. The van der Waals surface area contributed by atoms with Crippen LogP contribution in [0.25, 0.3) is 0 Å². The predicted octanol–water partition coefficient (Wildman–Crippen LogP) is 3.30. The Bertz CT molecular complexity index is 867. The van der Waals surface area contributed by atoms with Gasteiger partial charge in [-0.15, -0.1) is 0 Å². The zero-order valence-electron chi connectivity index (χ0n) is 13.4. The van der Waals surface area contributed by atoms with Crippen LogP contribution in [0.4, 0.5) is 30.8 Å². The van der Waals surface area contributed by atoms with Crippen LogP contribution in [-0.4, -0.2) is 15.0 Å². The Morgan fingerprint density at radius 1 is 1.04 bits per heavy atom. The van der Waals surface area contributed by atoms with Gasteiger partial charge >= 0.3 is 6.18 Å². The molecule has 0 amide bonds. The van der Waals surface area contributed by atoms with Crippen LogP contribution in [0.2, 0.25) is 0 Å². The number of nitrogens with zero attached hydrogens (tertiary/aromatic N) is 3.